The normalized spacial score (nSPS) is 14.8. The SMILES string of the molecule is CCC(=O)Nc1ccc(OCC(O)CNCCNC(=O)Cc2ccccc2)c(C2CCCCC2)c1. The van der Waals surface area contributed by atoms with Gasteiger partial charge in [-0.15, -0.1) is 0 Å². The van der Waals surface area contributed by atoms with Crippen molar-refractivity contribution in [1.82, 2.24) is 10.6 Å². The molecule has 1 aliphatic rings. The third-order valence-electron chi connectivity index (χ3n) is 6.30. The molecule has 0 spiro atoms. The molecule has 4 N–H and O–H groups in total. The molecule has 2 aromatic rings. The molecule has 0 heterocycles. The van der Waals surface area contributed by atoms with Crippen molar-refractivity contribution in [2.24, 2.45) is 0 Å². The number of rotatable bonds is 13. The van der Waals surface area contributed by atoms with Crippen LogP contribution in [0, 0.1) is 0 Å². The predicted octanol–water partition coefficient (Wildman–Crippen LogP) is 3.77. The summed E-state index contributed by atoms with van der Waals surface area (Å²) in [5.74, 6) is 1.16. The van der Waals surface area contributed by atoms with E-state index in [1.165, 1.54) is 19.3 Å². The quantitative estimate of drug-likeness (QED) is 0.327. The molecule has 190 valence electrons. The van der Waals surface area contributed by atoms with Crippen molar-refractivity contribution in [1.29, 1.82) is 0 Å². The van der Waals surface area contributed by atoms with Crippen LogP contribution in [0.3, 0.4) is 0 Å². The lowest BCUT2D eigenvalue weighted by Crippen LogP contribution is -2.37. The van der Waals surface area contributed by atoms with Crippen molar-refractivity contribution in [3.05, 3.63) is 59.7 Å². The minimum atomic E-state index is -0.673. The first-order chi connectivity index (χ1) is 17.0. The zero-order chi connectivity index (χ0) is 24.9. The van der Waals surface area contributed by atoms with Crippen LogP contribution in [0.1, 0.15) is 62.5 Å². The van der Waals surface area contributed by atoms with E-state index < -0.39 is 6.10 Å². The van der Waals surface area contributed by atoms with E-state index in [0.717, 1.165) is 35.4 Å². The van der Waals surface area contributed by atoms with Crippen molar-refractivity contribution in [3.63, 3.8) is 0 Å². The van der Waals surface area contributed by atoms with Crippen LogP contribution in [0.25, 0.3) is 0 Å². The Morgan fingerprint density at radius 2 is 1.80 bits per heavy atom. The first kappa shape index (κ1) is 26.7. The summed E-state index contributed by atoms with van der Waals surface area (Å²) in [5.41, 5.74) is 2.89. The molecule has 1 aliphatic carbocycles. The van der Waals surface area contributed by atoms with Gasteiger partial charge in [-0.05, 0) is 48.1 Å². The van der Waals surface area contributed by atoms with Gasteiger partial charge in [0.2, 0.25) is 11.8 Å². The Hall–Kier alpha value is -2.90. The number of aliphatic hydroxyl groups excluding tert-OH is 1. The van der Waals surface area contributed by atoms with Crippen LogP contribution in [0.15, 0.2) is 48.5 Å². The van der Waals surface area contributed by atoms with Crippen molar-refractivity contribution in [3.8, 4) is 5.75 Å². The predicted molar refractivity (Wildman–Crippen MR) is 139 cm³/mol. The lowest BCUT2D eigenvalue weighted by atomic mass is 9.83. The molecular weight excluding hydrogens is 442 g/mol. The lowest BCUT2D eigenvalue weighted by Gasteiger charge is -2.25. The maximum absolute atomic E-state index is 12.0. The van der Waals surface area contributed by atoms with E-state index in [9.17, 15) is 14.7 Å². The van der Waals surface area contributed by atoms with Gasteiger partial charge in [-0.2, -0.15) is 0 Å². The Morgan fingerprint density at radius 3 is 2.54 bits per heavy atom. The first-order valence-corrected chi connectivity index (χ1v) is 12.8. The number of amides is 2. The van der Waals surface area contributed by atoms with Crippen molar-refractivity contribution >= 4 is 17.5 Å². The molecule has 0 radical (unpaired) electrons. The number of anilines is 1. The van der Waals surface area contributed by atoms with Crippen LogP contribution in [0.4, 0.5) is 5.69 Å². The van der Waals surface area contributed by atoms with Crippen molar-refractivity contribution in [2.75, 3.05) is 31.6 Å². The van der Waals surface area contributed by atoms with E-state index in [-0.39, 0.29) is 18.4 Å². The number of hydrogen-bond donors (Lipinski definition) is 4. The summed E-state index contributed by atoms with van der Waals surface area (Å²) in [5, 5.41) is 19.4. The number of carbonyl (C=O) groups is 2. The number of benzene rings is 2. The fraction of sp³-hybridized carbons (Fsp3) is 0.500. The van der Waals surface area contributed by atoms with Gasteiger partial charge in [-0.1, -0.05) is 56.5 Å². The molecule has 0 saturated heterocycles. The molecule has 1 atom stereocenters. The maximum atomic E-state index is 12.0. The highest BCUT2D eigenvalue weighted by Crippen LogP contribution is 2.39. The van der Waals surface area contributed by atoms with Gasteiger partial charge >= 0.3 is 0 Å². The summed E-state index contributed by atoms with van der Waals surface area (Å²) in [4.78, 5) is 23.8. The Kier molecular flexibility index (Phi) is 11.1. The van der Waals surface area contributed by atoms with Crippen molar-refractivity contribution in [2.45, 2.75) is 63.9 Å². The third-order valence-corrected chi connectivity index (χ3v) is 6.30. The summed E-state index contributed by atoms with van der Waals surface area (Å²) >= 11 is 0. The average molecular weight is 482 g/mol. The molecule has 3 rings (SSSR count). The van der Waals surface area contributed by atoms with E-state index in [1.807, 2.05) is 55.5 Å². The van der Waals surface area contributed by atoms with Crippen LogP contribution in [0.5, 0.6) is 5.75 Å². The number of hydrogen-bond acceptors (Lipinski definition) is 5. The average Bonchev–Trinajstić information content (AvgIpc) is 2.88. The number of carbonyl (C=O) groups excluding carboxylic acids is 2. The summed E-state index contributed by atoms with van der Waals surface area (Å²) in [7, 11) is 0. The number of aliphatic hydroxyl groups is 1. The molecule has 1 fully saturated rings. The van der Waals surface area contributed by atoms with E-state index in [0.29, 0.717) is 38.4 Å². The zero-order valence-electron chi connectivity index (χ0n) is 20.7. The molecule has 0 bridgehead atoms. The summed E-state index contributed by atoms with van der Waals surface area (Å²) in [6.07, 6.45) is 6.01. The molecule has 7 nitrogen and oxygen atoms in total. The molecule has 2 aromatic carbocycles. The lowest BCUT2D eigenvalue weighted by molar-refractivity contribution is -0.120. The van der Waals surface area contributed by atoms with Gasteiger partial charge in [0.25, 0.3) is 0 Å². The topological polar surface area (TPSA) is 99.7 Å². The highest BCUT2D eigenvalue weighted by atomic mass is 16.5. The monoisotopic (exact) mass is 481 g/mol. The molecule has 0 aliphatic heterocycles. The Labute approximate surface area is 208 Å². The van der Waals surface area contributed by atoms with Gasteiger partial charge in [0.1, 0.15) is 18.5 Å². The highest BCUT2D eigenvalue weighted by Gasteiger charge is 2.21. The zero-order valence-corrected chi connectivity index (χ0v) is 20.7. The number of ether oxygens (including phenoxy) is 1. The van der Waals surface area contributed by atoms with E-state index in [2.05, 4.69) is 16.0 Å². The molecule has 1 saturated carbocycles. The van der Waals surface area contributed by atoms with Gasteiger partial charge in [-0.25, -0.2) is 0 Å². The second-order valence-electron chi connectivity index (χ2n) is 9.17. The minimum absolute atomic E-state index is 0.00832. The third kappa shape index (κ3) is 9.34. The van der Waals surface area contributed by atoms with E-state index in [4.69, 9.17) is 4.74 Å². The van der Waals surface area contributed by atoms with Gasteiger partial charge in [0.05, 0.1) is 6.42 Å². The van der Waals surface area contributed by atoms with Crippen molar-refractivity contribution < 1.29 is 19.4 Å². The maximum Gasteiger partial charge on any atom is 0.224 e. The fourth-order valence-corrected chi connectivity index (χ4v) is 4.39. The van der Waals surface area contributed by atoms with Crippen LogP contribution in [0.2, 0.25) is 0 Å². The smallest absolute Gasteiger partial charge is 0.224 e. The second kappa shape index (κ2) is 14.5. The Balaban J connectivity index is 1.42. The van der Waals surface area contributed by atoms with Gasteiger partial charge in [-0.3, -0.25) is 9.59 Å². The van der Waals surface area contributed by atoms with Crippen LogP contribution in [-0.2, 0) is 16.0 Å². The van der Waals surface area contributed by atoms with E-state index in [1.54, 1.807) is 0 Å². The Bertz CT molecular complexity index is 929. The van der Waals surface area contributed by atoms with Crippen LogP contribution >= 0.6 is 0 Å². The summed E-state index contributed by atoms with van der Waals surface area (Å²) in [6.45, 7) is 3.45. The van der Waals surface area contributed by atoms with Crippen LogP contribution in [-0.4, -0.2) is 49.3 Å². The minimum Gasteiger partial charge on any atom is -0.491 e. The molecule has 1 unspecified atom stereocenters. The summed E-state index contributed by atoms with van der Waals surface area (Å²) < 4.78 is 6.03. The Morgan fingerprint density at radius 1 is 1.03 bits per heavy atom. The fourth-order valence-electron chi connectivity index (χ4n) is 4.39. The van der Waals surface area contributed by atoms with Gasteiger partial charge in [0.15, 0.2) is 0 Å². The van der Waals surface area contributed by atoms with Crippen LogP contribution < -0.4 is 20.7 Å². The molecular formula is C28H39N3O4. The van der Waals surface area contributed by atoms with E-state index >= 15 is 0 Å². The molecule has 2 amide bonds. The molecule has 7 heteroatoms. The first-order valence-electron chi connectivity index (χ1n) is 12.8. The second-order valence-corrected chi connectivity index (χ2v) is 9.17. The number of nitrogens with one attached hydrogen (secondary N) is 3. The summed E-state index contributed by atoms with van der Waals surface area (Å²) in [6, 6.07) is 15.4. The van der Waals surface area contributed by atoms with Gasteiger partial charge in [0, 0.05) is 31.7 Å². The standard InChI is InChI=1S/C28H39N3O4/c1-2-27(33)31-23-13-14-26(25(18-23)22-11-7-4-8-12-22)35-20-24(32)19-29-15-16-30-28(34)17-21-9-5-3-6-10-21/h3,5-6,9-10,13-14,18,22,24,29,32H,2,4,7-8,11-12,15-17,19-20H2,1H3,(H,30,34)(H,31,33). The highest BCUT2D eigenvalue weighted by molar-refractivity contribution is 5.90. The largest absolute Gasteiger partial charge is 0.491 e. The molecule has 0 aromatic heterocycles. The molecule has 35 heavy (non-hydrogen) atoms. The van der Waals surface area contributed by atoms with Gasteiger partial charge < -0.3 is 25.8 Å².